The first-order valence-electron chi connectivity index (χ1n) is 6.67. The standard InChI is InChI=1S/C15H16FNO2S/c1-9-7-17(8-10(2)19-9)15(18)14-6-11-12(16)4-3-5-13(11)20-14/h3-6,9-10H,7-8H2,1-2H3. The van der Waals surface area contributed by atoms with Crippen LogP contribution >= 0.6 is 11.3 Å². The minimum atomic E-state index is -0.276. The molecule has 0 spiro atoms. The summed E-state index contributed by atoms with van der Waals surface area (Å²) in [5.41, 5.74) is 0. The number of ether oxygens (including phenoxy) is 1. The molecule has 0 radical (unpaired) electrons. The van der Waals surface area contributed by atoms with Crippen molar-refractivity contribution in [3.63, 3.8) is 0 Å². The van der Waals surface area contributed by atoms with Gasteiger partial charge in [-0.15, -0.1) is 11.3 Å². The van der Waals surface area contributed by atoms with Gasteiger partial charge in [0.2, 0.25) is 0 Å². The minimum absolute atomic E-state index is 0.0346. The minimum Gasteiger partial charge on any atom is -0.372 e. The van der Waals surface area contributed by atoms with E-state index in [1.807, 2.05) is 19.9 Å². The Morgan fingerprint density at radius 3 is 2.70 bits per heavy atom. The summed E-state index contributed by atoms with van der Waals surface area (Å²) in [5.74, 6) is -0.311. The van der Waals surface area contributed by atoms with Gasteiger partial charge >= 0.3 is 0 Å². The molecule has 1 aromatic carbocycles. The average Bonchev–Trinajstić information content (AvgIpc) is 2.82. The Morgan fingerprint density at radius 2 is 2.05 bits per heavy atom. The molecule has 1 aliphatic rings. The maximum absolute atomic E-state index is 13.7. The largest absolute Gasteiger partial charge is 0.372 e. The van der Waals surface area contributed by atoms with Crippen LogP contribution in [0.5, 0.6) is 0 Å². The van der Waals surface area contributed by atoms with Crippen molar-refractivity contribution in [3.8, 4) is 0 Å². The number of rotatable bonds is 1. The Balaban J connectivity index is 1.90. The molecule has 1 amide bonds. The number of fused-ring (bicyclic) bond motifs is 1. The van der Waals surface area contributed by atoms with Gasteiger partial charge in [0.1, 0.15) is 5.82 Å². The smallest absolute Gasteiger partial charge is 0.264 e. The van der Waals surface area contributed by atoms with Gasteiger partial charge < -0.3 is 9.64 Å². The van der Waals surface area contributed by atoms with Gasteiger partial charge in [0, 0.05) is 23.2 Å². The third-order valence-corrected chi connectivity index (χ3v) is 4.51. The summed E-state index contributed by atoms with van der Waals surface area (Å²) in [4.78, 5) is 14.9. The molecular weight excluding hydrogens is 277 g/mol. The second kappa shape index (κ2) is 5.14. The highest BCUT2D eigenvalue weighted by Crippen LogP contribution is 2.29. The summed E-state index contributed by atoms with van der Waals surface area (Å²) in [7, 11) is 0. The third kappa shape index (κ3) is 2.43. The monoisotopic (exact) mass is 293 g/mol. The lowest BCUT2D eigenvalue weighted by Gasteiger charge is -2.35. The Bertz CT molecular complexity index is 644. The molecule has 20 heavy (non-hydrogen) atoms. The van der Waals surface area contributed by atoms with E-state index >= 15 is 0 Å². The molecule has 0 bridgehead atoms. The van der Waals surface area contributed by atoms with E-state index < -0.39 is 0 Å². The first-order chi connectivity index (χ1) is 9.54. The average molecular weight is 293 g/mol. The predicted molar refractivity (Wildman–Crippen MR) is 77.7 cm³/mol. The van der Waals surface area contributed by atoms with E-state index in [9.17, 15) is 9.18 Å². The second-order valence-electron chi connectivity index (χ2n) is 5.23. The van der Waals surface area contributed by atoms with Gasteiger partial charge in [0.25, 0.3) is 5.91 Å². The number of amides is 1. The zero-order valence-corrected chi connectivity index (χ0v) is 12.2. The van der Waals surface area contributed by atoms with Gasteiger partial charge in [0.05, 0.1) is 17.1 Å². The number of benzene rings is 1. The number of halogens is 1. The van der Waals surface area contributed by atoms with Crippen molar-refractivity contribution in [1.82, 2.24) is 4.90 Å². The summed E-state index contributed by atoms with van der Waals surface area (Å²) >= 11 is 1.34. The van der Waals surface area contributed by atoms with Gasteiger partial charge in [-0.05, 0) is 32.0 Å². The molecule has 106 valence electrons. The van der Waals surface area contributed by atoms with Crippen molar-refractivity contribution in [2.45, 2.75) is 26.1 Å². The number of hydrogen-bond acceptors (Lipinski definition) is 3. The first kappa shape index (κ1) is 13.5. The van der Waals surface area contributed by atoms with E-state index in [0.717, 1.165) is 4.70 Å². The van der Waals surface area contributed by atoms with Crippen LogP contribution < -0.4 is 0 Å². The molecule has 5 heteroatoms. The fraction of sp³-hybridized carbons (Fsp3) is 0.400. The molecule has 1 fully saturated rings. The van der Waals surface area contributed by atoms with Crippen molar-refractivity contribution in [1.29, 1.82) is 0 Å². The van der Waals surface area contributed by atoms with E-state index in [2.05, 4.69) is 0 Å². The number of hydrogen-bond donors (Lipinski definition) is 0. The van der Waals surface area contributed by atoms with Gasteiger partial charge in [-0.1, -0.05) is 6.07 Å². The quantitative estimate of drug-likeness (QED) is 0.807. The summed E-state index contributed by atoms with van der Waals surface area (Å²) in [6.07, 6.45) is 0.0719. The van der Waals surface area contributed by atoms with E-state index in [1.165, 1.54) is 17.4 Å². The highest BCUT2D eigenvalue weighted by atomic mass is 32.1. The fourth-order valence-corrected chi connectivity index (χ4v) is 3.67. The molecule has 1 aliphatic heterocycles. The number of nitrogens with zero attached hydrogens (tertiary/aromatic N) is 1. The lowest BCUT2D eigenvalue weighted by Crippen LogP contribution is -2.48. The molecule has 2 atom stereocenters. The highest BCUT2D eigenvalue weighted by Gasteiger charge is 2.27. The Kier molecular flexibility index (Phi) is 3.48. The summed E-state index contributed by atoms with van der Waals surface area (Å²) in [6, 6.07) is 6.58. The van der Waals surface area contributed by atoms with Gasteiger partial charge in [-0.2, -0.15) is 0 Å². The zero-order chi connectivity index (χ0) is 14.3. The lowest BCUT2D eigenvalue weighted by molar-refractivity contribution is -0.0585. The van der Waals surface area contributed by atoms with Crippen LogP contribution in [0.15, 0.2) is 24.3 Å². The Hall–Kier alpha value is -1.46. The molecular formula is C15H16FNO2S. The molecule has 3 nitrogen and oxygen atoms in total. The molecule has 3 rings (SSSR count). The SMILES string of the molecule is CC1CN(C(=O)c2cc3c(F)cccc3s2)CC(C)O1. The molecule has 2 aromatic rings. The third-order valence-electron chi connectivity index (χ3n) is 3.43. The molecule has 0 aliphatic carbocycles. The van der Waals surface area contributed by atoms with Crippen LogP contribution in [0.4, 0.5) is 4.39 Å². The number of carbonyl (C=O) groups is 1. The highest BCUT2D eigenvalue weighted by molar-refractivity contribution is 7.20. The first-order valence-corrected chi connectivity index (χ1v) is 7.49. The normalized spacial score (nSPS) is 23.2. The molecule has 1 aromatic heterocycles. The van der Waals surface area contributed by atoms with Crippen LogP contribution in [0.25, 0.3) is 10.1 Å². The number of thiophene rings is 1. The zero-order valence-electron chi connectivity index (χ0n) is 11.4. The second-order valence-corrected chi connectivity index (χ2v) is 6.31. The molecule has 0 saturated carbocycles. The number of morpholine rings is 1. The van der Waals surface area contributed by atoms with Crippen LogP contribution in [-0.4, -0.2) is 36.1 Å². The molecule has 1 saturated heterocycles. The van der Waals surface area contributed by atoms with E-state index in [0.29, 0.717) is 23.4 Å². The van der Waals surface area contributed by atoms with Crippen LogP contribution in [0.2, 0.25) is 0 Å². The molecule has 0 N–H and O–H groups in total. The van der Waals surface area contributed by atoms with Crippen LogP contribution in [-0.2, 0) is 4.74 Å². The van der Waals surface area contributed by atoms with Crippen molar-refractivity contribution in [3.05, 3.63) is 35.0 Å². The lowest BCUT2D eigenvalue weighted by atomic mass is 10.2. The summed E-state index contributed by atoms with van der Waals surface area (Å²) in [6.45, 7) is 5.08. The maximum Gasteiger partial charge on any atom is 0.264 e. The molecule has 2 unspecified atom stereocenters. The van der Waals surface area contributed by atoms with E-state index in [4.69, 9.17) is 4.74 Å². The van der Waals surface area contributed by atoms with Crippen molar-refractivity contribution in [2.75, 3.05) is 13.1 Å². The van der Waals surface area contributed by atoms with E-state index in [1.54, 1.807) is 17.0 Å². The number of carbonyl (C=O) groups excluding carboxylic acids is 1. The van der Waals surface area contributed by atoms with Crippen molar-refractivity contribution < 1.29 is 13.9 Å². The van der Waals surface area contributed by atoms with Crippen molar-refractivity contribution >= 4 is 27.3 Å². The fourth-order valence-electron chi connectivity index (χ4n) is 2.63. The topological polar surface area (TPSA) is 29.5 Å². The Morgan fingerprint density at radius 1 is 1.35 bits per heavy atom. The summed E-state index contributed by atoms with van der Waals surface area (Å²) in [5, 5.41) is 0.523. The van der Waals surface area contributed by atoms with Crippen LogP contribution in [0.1, 0.15) is 23.5 Å². The van der Waals surface area contributed by atoms with Gasteiger partial charge in [0.15, 0.2) is 0 Å². The van der Waals surface area contributed by atoms with Gasteiger partial charge in [-0.25, -0.2) is 4.39 Å². The Labute approximate surface area is 121 Å². The summed E-state index contributed by atoms with van der Waals surface area (Å²) < 4.78 is 20.1. The molecule has 2 heterocycles. The van der Waals surface area contributed by atoms with Crippen LogP contribution in [0, 0.1) is 5.82 Å². The van der Waals surface area contributed by atoms with E-state index in [-0.39, 0.29) is 23.9 Å². The van der Waals surface area contributed by atoms with Gasteiger partial charge in [-0.3, -0.25) is 4.79 Å². The maximum atomic E-state index is 13.7. The van der Waals surface area contributed by atoms with Crippen molar-refractivity contribution in [2.24, 2.45) is 0 Å². The predicted octanol–water partition coefficient (Wildman–Crippen LogP) is 3.29. The van der Waals surface area contributed by atoms with Crippen LogP contribution in [0.3, 0.4) is 0 Å².